The first-order valence-electron chi connectivity index (χ1n) is 7.79. The van der Waals surface area contributed by atoms with Gasteiger partial charge in [0.15, 0.2) is 0 Å². The highest BCUT2D eigenvalue weighted by molar-refractivity contribution is 5.98. The maximum atomic E-state index is 14.4. The van der Waals surface area contributed by atoms with Crippen LogP contribution < -0.4 is 5.32 Å². The molecule has 1 saturated heterocycles. The first-order valence-corrected chi connectivity index (χ1v) is 7.79. The minimum Gasteiger partial charge on any atom is -0.381 e. The molecule has 1 fully saturated rings. The highest BCUT2D eigenvalue weighted by Gasteiger charge is 2.44. The monoisotopic (exact) mass is 336 g/mol. The molecular formula is C16H18F2N4O2. The van der Waals surface area contributed by atoms with Crippen molar-refractivity contribution in [3.05, 3.63) is 41.7 Å². The molecular weight excluding hydrogens is 318 g/mol. The lowest BCUT2D eigenvalue weighted by atomic mass is 9.73. The van der Waals surface area contributed by atoms with E-state index in [1.807, 2.05) is 6.92 Å². The zero-order valence-corrected chi connectivity index (χ0v) is 13.3. The largest absolute Gasteiger partial charge is 0.381 e. The lowest BCUT2D eigenvalue weighted by Gasteiger charge is -2.36. The van der Waals surface area contributed by atoms with Crippen LogP contribution in [0.15, 0.2) is 24.5 Å². The van der Waals surface area contributed by atoms with E-state index < -0.39 is 17.0 Å². The summed E-state index contributed by atoms with van der Waals surface area (Å²) in [6.45, 7) is 3.13. The van der Waals surface area contributed by atoms with E-state index in [1.54, 1.807) is 4.57 Å². The van der Waals surface area contributed by atoms with E-state index in [0.29, 0.717) is 38.5 Å². The molecule has 6 nitrogen and oxygen atoms in total. The summed E-state index contributed by atoms with van der Waals surface area (Å²) in [5.74, 6) is -1.50. The number of nitrogens with one attached hydrogen (secondary N) is 1. The van der Waals surface area contributed by atoms with Gasteiger partial charge in [0, 0.05) is 31.4 Å². The summed E-state index contributed by atoms with van der Waals surface area (Å²) in [6, 6.07) is 3.30. The molecule has 0 unspecified atom stereocenters. The van der Waals surface area contributed by atoms with E-state index in [-0.39, 0.29) is 11.5 Å². The van der Waals surface area contributed by atoms with Gasteiger partial charge in [0.1, 0.15) is 18.0 Å². The van der Waals surface area contributed by atoms with Crippen molar-refractivity contribution in [1.82, 2.24) is 14.8 Å². The third-order valence-corrected chi connectivity index (χ3v) is 4.41. The Morgan fingerprint density at radius 3 is 2.79 bits per heavy atom. The molecule has 8 heteroatoms. The fourth-order valence-corrected chi connectivity index (χ4v) is 3.02. The zero-order valence-electron chi connectivity index (χ0n) is 13.3. The minimum absolute atomic E-state index is 0.173. The minimum atomic E-state index is -1.12. The van der Waals surface area contributed by atoms with Crippen LogP contribution in [0.25, 0.3) is 0 Å². The second-order valence-electron chi connectivity index (χ2n) is 5.71. The molecule has 0 bridgehead atoms. The lowest BCUT2D eigenvalue weighted by Crippen LogP contribution is -2.45. The summed E-state index contributed by atoms with van der Waals surface area (Å²) in [5, 5.41) is 10.4. The van der Waals surface area contributed by atoms with E-state index in [0.717, 1.165) is 12.1 Å². The van der Waals surface area contributed by atoms with Gasteiger partial charge in [-0.25, -0.2) is 8.78 Å². The zero-order chi connectivity index (χ0) is 17.2. The molecule has 0 aliphatic carbocycles. The van der Waals surface area contributed by atoms with Gasteiger partial charge >= 0.3 is 0 Å². The second kappa shape index (κ2) is 6.64. The van der Waals surface area contributed by atoms with Gasteiger partial charge in [0.05, 0.1) is 5.41 Å². The molecule has 0 radical (unpaired) electrons. The summed E-state index contributed by atoms with van der Waals surface area (Å²) in [6.07, 6.45) is 2.12. The normalized spacial score (nSPS) is 16.8. The standard InChI is InChI=1S/C16H18F2N4O2/c1-2-22-10-19-21-15(22)20-14(23)16(5-7-24-8-6-16)12-4-3-11(17)9-13(12)18/h3-4,9-10H,2,5-8H2,1H3,(H,20,21,23). The Kier molecular flexibility index (Phi) is 4.57. The van der Waals surface area contributed by atoms with Gasteiger partial charge in [0.25, 0.3) is 0 Å². The number of hydrogen-bond acceptors (Lipinski definition) is 4. The highest BCUT2D eigenvalue weighted by Crippen LogP contribution is 2.37. The van der Waals surface area contributed by atoms with E-state index in [9.17, 15) is 13.6 Å². The summed E-state index contributed by atoms with van der Waals surface area (Å²) in [5.41, 5.74) is -0.951. The van der Waals surface area contributed by atoms with Crippen LogP contribution in [0.4, 0.5) is 14.7 Å². The summed E-state index contributed by atoms with van der Waals surface area (Å²) < 4.78 is 34.6. The fourth-order valence-electron chi connectivity index (χ4n) is 3.02. The Labute approximate surface area is 137 Å². The van der Waals surface area contributed by atoms with Gasteiger partial charge in [-0.1, -0.05) is 6.07 Å². The number of aryl methyl sites for hydroxylation is 1. The number of amides is 1. The van der Waals surface area contributed by atoms with Gasteiger partial charge in [0.2, 0.25) is 11.9 Å². The summed E-state index contributed by atoms with van der Waals surface area (Å²) >= 11 is 0. The number of nitrogens with zero attached hydrogens (tertiary/aromatic N) is 3. The number of hydrogen-bond donors (Lipinski definition) is 1. The molecule has 24 heavy (non-hydrogen) atoms. The second-order valence-corrected chi connectivity index (χ2v) is 5.71. The van der Waals surface area contributed by atoms with Gasteiger partial charge in [-0.15, -0.1) is 10.2 Å². The molecule has 128 valence electrons. The molecule has 0 spiro atoms. The van der Waals surface area contributed by atoms with Crippen molar-refractivity contribution in [2.45, 2.75) is 31.7 Å². The summed E-state index contributed by atoms with van der Waals surface area (Å²) in [4.78, 5) is 13.0. The Morgan fingerprint density at radius 2 is 2.12 bits per heavy atom. The average Bonchev–Trinajstić information content (AvgIpc) is 3.02. The van der Waals surface area contributed by atoms with Crippen LogP contribution in [-0.2, 0) is 21.5 Å². The molecule has 2 heterocycles. The predicted molar refractivity (Wildman–Crippen MR) is 82.4 cm³/mol. The number of rotatable bonds is 4. The average molecular weight is 336 g/mol. The molecule has 1 amide bonds. The molecule has 1 N–H and O–H groups in total. The SMILES string of the molecule is CCn1cnnc1NC(=O)C1(c2ccc(F)cc2F)CCOCC1. The topological polar surface area (TPSA) is 69.0 Å². The first-order chi connectivity index (χ1) is 11.6. The van der Waals surface area contributed by atoms with Crippen molar-refractivity contribution in [3.63, 3.8) is 0 Å². The maximum Gasteiger partial charge on any atom is 0.237 e. The predicted octanol–water partition coefficient (Wildman–Crippen LogP) is 2.26. The molecule has 1 aliphatic heterocycles. The maximum absolute atomic E-state index is 14.4. The van der Waals surface area contributed by atoms with Gasteiger partial charge < -0.3 is 9.30 Å². The fraction of sp³-hybridized carbons (Fsp3) is 0.438. The molecule has 2 aromatic rings. The van der Waals surface area contributed by atoms with Crippen LogP contribution in [0.5, 0.6) is 0 Å². The lowest BCUT2D eigenvalue weighted by molar-refractivity contribution is -0.125. The van der Waals surface area contributed by atoms with E-state index in [1.165, 1.54) is 12.4 Å². The number of benzene rings is 1. The third-order valence-electron chi connectivity index (χ3n) is 4.41. The molecule has 1 aromatic carbocycles. The number of carbonyl (C=O) groups is 1. The van der Waals surface area contributed by atoms with E-state index in [4.69, 9.17) is 4.74 Å². The smallest absolute Gasteiger partial charge is 0.237 e. The van der Waals surface area contributed by atoms with Crippen molar-refractivity contribution in [3.8, 4) is 0 Å². The van der Waals surface area contributed by atoms with Crippen molar-refractivity contribution in [2.24, 2.45) is 0 Å². The van der Waals surface area contributed by atoms with Crippen LogP contribution in [0.1, 0.15) is 25.3 Å². The van der Waals surface area contributed by atoms with Gasteiger partial charge in [-0.3, -0.25) is 10.1 Å². The first kappa shape index (κ1) is 16.5. The van der Waals surface area contributed by atoms with Gasteiger partial charge in [-0.05, 0) is 25.8 Å². The van der Waals surface area contributed by atoms with Crippen LogP contribution >= 0.6 is 0 Å². The molecule has 0 atom stereocenters. The Bertz CT molecular complexity index is 741. The molecule has 1 aromatic heterocycles. The van der Waals surface area contributed by atoms with E-state index >= 15 is 0 Å². The third kappa shape index (κ3) is 2.89. The quantitative estimate of drug-likeness (QED) is 0.930. The van der Waals surface area contributed by atoms with Crippen LogP contribution in [-0.4, -0.2) is 33.9 Å². The van der Waals surface area contributed by atoms with Crippen LogP contribution in [0, 0.1) is 11.6 Å². The Morgan fingerprint density at radius 1 is 1.38 bits per heavy atom. The Balaban J connectivity index is 1.97. The molecule has 1 aliphatic rings. The number of carbonyl (C=O) groups excluding carboxylic acids is 1. The van der Waals surface area contributed by atoms with Gasteiger partial charge in [-0.2, -0.15) is 0 Å². The Hall–Kier alpha value is -2.35. The van der Waals surface area contributed by atoms with Crippen molar-refractivity contribution in [2.75, 3.05) is 18.5 Å². The van der Waals surface area contributed by atoms with Crippen LogP contribution in [0.2, 0.25) is 0 Å². The molecule has 0 saturated carbocycles. The van der Waals surface area contributed by atoms with Crippen LogP contribution in [0.3, 0.4) is 0 Å². The number of ether oxygens (including phenoxy) is 1. The number of aromatic nitrogens is 3. The number of anilines is 1. The van der Waals surface area contributed by atoms with Crippen molar-refractivity contribution in [1.29, 1.82) is 0 Å². The van der Waals surface area contributed by atoms with Crippen molar-refractivity contribution < 1.29 is 18.3 Å². The number of halogens is 2. The van der Waals surface area contributed by atoms with Crippen molar-refractivity contribution >= 4 is 11.9 Å². The highest BCUT2D eigenvalue weighted by atomic mass is 19.1. The molecule has 3 rings (SSSR count). The van der Waals surface area contributed by atoms with E-state index in [2.05, 4.69) is 15.5 Å². The summed E-state index contributed by atoms with van der Waals surface area (Å²) in [7, 11) is 0.